The summed E-state index contributed by atoms with van der Waals surface area (Å²) in [6.45, 7) is 15.0. The predicted molar refractivity (Wildman–Crippen MR) is 181 cm³/mol. The number of nitrogens with one attached hydrogen (secondary N) is 2. The average molecular weight is 608 g/mol. The monoisotopic (exact) mass is 607 g/mol. The molecule has 7 heteroatoms. The number of hydrogen-bond donors (Lipinski definition) is 2. The third kappa shape index (κ3) is 8.72. The summed E-state index contributed by atoms with van der Waals surface area (Å²) in [6.07, 6.45) is -0.480. The van der Waals surface area contributed by atoms with Crippen molar-refractivity contribution in [3.05, 3.63) is 113 Å². The molecule has 2 atom stereocenters. The quantitative estimate of drug-likeness (QED) is 0.213. The topological polar surface area (TPSA) is 87.7 Å². The minimum Gasteiger partial charge on any atom is -0.444 e. The summed E-state index contributed by atoms with van der Waals surface area (Å²) >= 11 is 0. The number of anilines is 1. The van der Waals surface area contributed by atoms with Gasteiger partial charge in [-0.1, -0.05) is 84.4 Å². The molecule has 0 bridgehead atoms. The van der Waals surface area contributed by atoms with Crippen molar-refractivity contribution in [2.24, 2.45) is 0 Å². The van der Waals surface area contributed by atoms with E-state index < -0.39 is 35.2 Å². The summed E-state index contributed by atoms with van der Waals surface area (Å²) in [7, 11) is 0. The van der Waals surface area contributed by atoms with E-state index in [0.29, 0.717) is 11.3 Å². The first kappa shape index (κ1) is 33.2. The number of amides is 3. The number of carbonyl (C=O) groups excluding carboxylic acids is 3. The van der Waals surface area contributed by atoms with E-state index in [1.165, 1.54) is 0 Å². The van der Waals surface area contributed by atoms with Gasteiger partial charge in [0.15, 0.2) is 0 Å². The molecule has 0 spiro atoms. The maximum Gasteiger partial charge on any atom is 0.408 e. The molecule has 0 heterocycles. The minimum absolute atomic E-state index is 0.220. The number of hydrogen-bond acceptors (Lipinski definition) is 4. The van der Waals surface area contributed by atoms with Crippen LogP contribution in [0.4, 0.5) is 10.5 Å². The van der Waals surface area contributed by atoms with Crippen molar-refractivity contribution in [3.8, 4) is 0 Å². The lowest BCUT2D eigenvalue weighted by Gasteiger charge is -2.43. The van der Waals surface area contributed by atoms with Crippen molar-refractivity contribution in [2.75, 3.05) is 5.32 Å². The van der Waals surface area contributed by atoms with Crippen molar-refractivity contribution < 1.29 is 19.1 Å². The van der Waals surface area contributed by atoms with E-state index in [0.717, 1.165) is 27.5 Å². The Kier molecular flexibility index (Phi) is 10.0. The van der Waals surface area contributed by atoms with E-state index in [1.54, 1.807) is 25.7 Å². The van der Waals surface area contributed by atoms with E-state index in [1.807, 2.05) is 126 Å². The molecule has 0 aliphatic heterocycles. The minimum atomic E-state index is -0.997. The number of benzene rings is 4. The fourth-order valence-electron chi connectivity index (χ4n) is 5.52. The molecular weight excluding hydrogens is 562 g/mol. The molecule has 0 aliphatic carbocycles. The van der Waals surface area contributed by atoms with Gasteiger partial charge in [-0.05, 0) is 95.0 Å². The van der Waals surface area contributed by atoms with Gasteiger partial charge in [-0.3, -0.25) is 9.59 Å². The highest BCUT2D eigenvalue weighted by Crippen LogP contribution is 2.34. The van der Waals surface area contributed by atoms with E-state index in [2.05, 4.69) is 10.6 Å². The normalized spacial score (nSPS) is 13.1. The second-order valence-electron chi connectivity index (χ2n) is 13.6. The Morgan fingerprint density at radius 2 is 1.42 bits per heavy atom. The van der Waals surface area contributed by atoms with Gasteiger partial charge in [-0.2, -0.15) is 0 Å². The maximum absolute atomic E-state index is 14.8. The smallest absolute Gasteiger partial charge is 0.408 e. The predicted octanol–water partition coefficient (Wildman–Crippen LogP) is 7.90. The summed E-state index contributed by atoms with van der Waals surface area (Å²) in [6, 6.07) is 27.1. The van der Waals surface area contributed by atoms with Gasteiger partial charge in [-0.15, -0.1) is 0 Å². The number of aryl methyl sites for hydroxylation is 2. The zero-order chi connectivity index (χ0) is 32.9. The highest BCUT2D eigenvalue weighted by atomic mass is 16.6. The van der Waals surface area contributed by atoms with Crippen molar-refractivity contribution in [1.82, 2.24) is 10.2 Å². The number of nitrogens with zero attached hydrogens (tertiary/aromatic N) is 1. The van der Waals surface area contributed by atoms with E-state index in [-0.39, 0.29) is 12.3 Å². The van der Waals surface area contributed by atoms with Crippen molar-refractivity contribution in [1.29, 1.82) is 0 Å². The molecule has 0 saturated heterocycles. The summed E-state index contributed by atoms with van der Waals surface area (Å²) in [5.41, 5.74) is 2.56. The second kappa shape index (κ2) is 13.6. The van der Waals surface area contributed by atoms with Crippen LogP contribution >= 0.6 is 0 Å². The Balaban J connectivity index is 1.80. The fourth-order valence-corrected chi connectivity index (χ4v) is 5.52. The Labute approximate surface area is 267 Å². The van der Waals surface area contributed by atoms with Gasteiger partial charge in [-0.25, -0.2) is 4.79 Å². The van der Waals surface area contributed by atoms with Crippen LogP contribution in [0.1, 0.15) is 69.8 Å². The van der Waals surface area contributed by atoms with Gasteiger partial charge in [0.2, 0.25) is 5.91 Å². The van der Waals surface area contributed by atoms with Crippen molar-refractivity contribution in [2.45, 2.75) is 85.0 Å². The Hall–Kier alpha value is -4.65. The largest absolute Gasteiger partial charge is 0.444 e. The first-order valence-electron chi connectivity index (χ1n) is 15.4. The van der Waals surface area contributed by atoms with Crippen LogP contribution in [0.25, 0.3) is 10.8 Å². The maximum atomic E-state index is 14.8. The molecule has 4 rings (SSSR count). The van der Waals surface area contributed by atoms with Gasteiger partial charge in [0.25, 0.3) is 5.91 Å². The molecule has 0 aromatic heterocycles. The summed E-state index contributed by atoms with van der Waals surface area (Å²) in [5, 5.41) is 7.98. The number of ether oxygens (including phenoxy) is 1. The number of alkyl carbamates (subject to hydrolysis) is 1. The molecule has 3 amide bonds. The lowest BCUT2D eigenvalue weighted by molar-refractivity contribution is -0.146. The molecule has 236 valence electrons. The number of fused-ring (bicyclic) bond motifs is 1. The van der Waals surface area contributed by atoms with Crippen LogP contribution in [0.3, 0.4) is 0 Å². The molecule has 0 radical (unpaired) electrons. The fraction of sp³-hybridized carbons (Fsp3) is 0.342. The first-order valence-corrected chi connectivity index (χ1v) is 15.4. The average Bonchev–Trinajstić information content (AvgIpc) is 2.94. The molecule has 7 nitrogen and oxygen atoms in total. The van der Waals surface area contributed by atoms with Gasteiger partial charge >= 0.3 is 6.09 Å². The molecule has 0 aliphatic rings. The summed E-state index contributed by atoms with van der Waals surface area (Å²) < 4.78 is 5.56. The number of rotatable bonds is 8. The van der Waals surface area contributed by atoms with Gasteiger partial charge in [0, 0.05) is 17.6 Å². The SMILES string of the molecule is Cc1ccc(C(C(=O)Nc2ccc3ccccc3c2)N(C(=O)C(Cc2ccccc2)NC(=O)OC(C)(C)C)C(C)(C)C)c(C)c1. The summed E-state index contributed by atoms with van der Waals surface area (Å²) in [4.78, 5) is 43.9. The number of carbonyl (C=O) groups is 3. The highest BCUT2D eigenvalue weighted by Gasteiger charge is 2.42. The lowest BCUT2D eigenvalue weighted by atomic mass is 9.91. The van der Waals surface area contributed by atoms with Crippen LogP contribution in [0.2, 0.25) is 0 Å². The standard InChI is InChI=1S/C38H45N3O4/c1-25-18-21-31(26(2)22-25)33(34(42)39-30-20-19-28-16-12-13-17-29(28)24-30)41(37(3,4)5)35(43)32(23-27-14-10-9-11-15-27)40-36(44)45-38(6,7)8/h9-22,24,32-33H,23H2,1-8H3,(H,39,42)(H,40,44). The van der Waals surface area contributed by atoms with Crippen LogP contribution in [0, 0.1) is 13.8 Å². The van der Waals surface area contributed by atoms with E-state index in [4.69, 9.17) is 4.74 Å². The van der Waals surface area contributed by atoms with Crippen LogP contribution in [0.15, 0.2) is 91.0 Å². The van der Waals surface area contributed by atoms with Crippen LogP contribution in [-0.4, -0.2) is 40.0 Å². The van der Waals surface area contributed by atoms with Gasteiger partial charge < -0.3 is 20.3 Å². The third-order valence-corrected chi connectivity index (χ3v) is 7.48. The molecule has 2 unspecified atom stereocenters. The lowest BCUT2D eigenvalue weighted by Crippen LogP contribution is -2.58. The van der Waals surface area contributed by atoms with Crippen LogP contribution in [0.5, 0.6) is 0 Å². The Bertz CT molecular complexity index is 1670. The zero-order valence-corrected chi connectivity index (χ0v) is 27.6. The molecule has 2 N–H and O–H groups in total. The van der Waals surface area contributed by atoms with Gasteiger partial charge in [0.05, 0.1) is 0 Å². The van der Waals surface area contributed by atoms with Crippen LogP contribution < -0.4 is 10.6 Å². The zero-order valence-electron chi connectivity index (χ0n) is 27.6. The highest BCUT2D eigenvalue weighted by molar-refractivity contribution is 6.01. The Morgan fingerprint density at radius 3 is 2.04 bits per heavy atom. The molecule has 0 fully saturated rings. The molecule has 0 saturated carbocycles. The van der Waals surface area contributed by atoms with Gasteiger partial charge in [0.1, 0.15) is 17.7 Å². The van der Waals surface area contributed by atoms with E-state index in [9.17, 15) is 14.4 Å². The van der Waals surface area contributed by atoms with Crippen LogP contribution in [-0.2, 0) is 20.7 Å². The van der Waals surface area contributed by atoms with Crippen molar-refractivity contribution in [3.63, 3.8) is 0 Å². The second-order valence-corrected chi connectivity index (χ2v) is 13.6. The third-order valence-electron chi connectivity index (χ3n) is 7.48. The van der Waals surface area contributed by atoms with Crippen molar-refractivity contribution >= 4 is 34.4 Å². The summed E-state index contributed by atoms with van der Waals surface area (Å²) in [5.74, 6) is -0.743. The molecule has 45 heavy (non-hydrogen) atoms. The first-order chi connectivity index (χ1) is 21.1. The Morgan fingerprint density at radius 1 is 0.778 bits per heavy atom. The molecule has 4 aromatic rings. The molecule has 4 aromatic carbocycles. The van der Waals surface area contributed by atoms with E-state index >= 15 is 0 Å². The molecular formula is C38H45N3O4.